The first-order valence-electron chi connectivity index (χ1n) is 5.59. The molecule has 1 rings (SSSR count). The Bertz CT molecular complexity index is 331. The normalized spacial score (nSPS) is 12.1. The second kappa shape index (κ2) is 5.43. The lowest BCUT2D eigenvalue weighted by molar-refractivity contribution is -0.219. The molecular weight excluding hydrogens is 200 g/mol. The first-order chi connectivity index (χ1) is 7.40. The molecule has 0 heterocycles. The van der Waals surface area contributed by atoms with Crippen molar-refractivity contribution in [2.75, 3.05) is 7.05 Å². The van der Waals surface area contributed by atoms with Gasteiger partial charge in [-0.1, -0.05) is 24.3 Å². The molecule has 0 amide bonds. The van der Waals surface area contributed by atoms with Gasteiger partial charge in [-0.25, -0.2) is 0 Å². The molecule has 0 bridgehead atoms. The molecule has 0 aromatic heterocycles. The van der Waals surface area contributed by atoms with Crippen LogP contribution in [-0.4, -0.2) is 17.7 Å². The fraction of sp³-hybridized carbons (Fsp3) is 0.538. The van der Waals surface area contributed by atoms with Gasteiger partial charge in [-0.15, -0.1) is 0 Å². The molecule has 0 aliphatic heterocycles. The van der Waals surface area contributed by atoms with Crippen LogP contribution in [0.3, 0.4) is 0 Å². The lowest BCUT2D eigenvalue weighted by Gasteiger charge is -2.26. The number of hydrogen-bond donors (Lipinski definition) is 1. The van der Waals surface area contributed by atoms with Crippen molar-refractivity contribution in [2.24, 2.45) is 5.73 Å². The maximum absolute atomic E-state index is 5.72. The largest absolute Gasteiger partial charge is 0.326 e. The molecule has 0 saturated heterocycles. The van der Waals surface area contributed by atoms with Gasteiger partial charge in [0.25, 0.3) is 0 Å². The van der Waals surface area contributed by atoms with E-state index in [1.54, 1.807) is 0 Å². The van der Waals surface area contributed by atoms with Crippen molar-refractivity contribution >= 4 is 0 Å². The van der Waals surface area contributed by atoms with Crippen molar-refractivity contribution in [1.29, 1.82) is 0 Å². The van der Waals surface area contributed by atoms with Crippen LogP contribution in [0.4, 0.5) is 0 Å². The van der Waals surface area contributed by atoms with E-state index in [-0.39, 0.29) is 5.60 Å². The summed E-state index contributed by atoms with van der Waals surface area (Å²) in [4.78, 5) is 5.72. The molecule has 3 heteroatoms. The molecule has 1 aromatic carbocycles. The van der Waals surface area contributed by atoms with Crippen LogP contribution in [0.25, 0.3) is 0 Å². The third-order valence-corrected chi connectivity index (χ3v) is 2.06. The first kappa shape index (κ1) is 13.2. The Balaban J connectivity index is 2.59. The van der Waals surface area contributed by atoms with E-state index in [9.17, 15) is 0 Å². The second-order valence-corrected chi connectivity index (χ2v) is 5.01. The summed E-state index contributed by atoms with van der Waals surface area (Å²) in [6.07, 6.45) is 0. The highest BCUT2D eigenvalue weighted by Crippen LogP contribution is 2.12. The first-order valence-corrected chi connectivity index (χ1v) is 5.59. The Kier molecular flexibility index (Phi) is 4.47. The van der Waals surface area contributed by atoms with Gasteiger partial charge in [0.2, 0.25) is 0 Å². The number of nitrogens with zero attached hydrogens (tertiary/aromatic N) is 1. The number of benzene rings is 1. The van der Waals surface area contributed by atoms with E-state index in [1.165, 1.54) is 5.56 Å². The maximum Gasteiger partial charge on any atom is 0.0815 e. The summed E-state index contributed by atoms with van der Waals surface area (Å²) in [5.74, 6) is 0. The van der Waals surface area contributed by atoms with Crippen molar-refractivity contribution in [1.82, 2.24) is 5.06 Å². The molecule has 2 N–H and O–H groups in total. The van der Waals surface area contributed by atoms with Crippen LogP contribution in [0.15, 0.2) is 24.3 Å². The molecule has 90 valence electrons. The third-order valence-electron chi connectivity index (χ3n) is 2.06. The minimum atomic E-state index is -0.153. The van der Waals surface area contributed by atoms with Crippen molar-refractivity contribution in [3.63, 3.8) is 0 Å². The van der Waals surface area contributed by atoms with Gasteiger partial charge in [0, 0.05) is 20.1 Å². The Labute approximate surface area is 98.2 Å². The quantitative estimate of drug-likeness (QED) is 0.794. The van der Waals surface area contributed by atoms with Gasteiger partial charge in [-0.3, -0.25) is 4.84 Å². The van der Waals surface area contributed by atoms with Gasteiger partial charge in [0.05, 0.1) is 5.60 Å². The smallest absolute Gasteiger partial charge is 0.0815 e. The highest BCUT2D eigenvalue weighted by atomic mass is 16.7. The number of nitrogens with two attached hydrogens (primary N) is 1. The van der Waals surface area contributed by atoms with Crippen LogP contribution in [0.2, 0.25) is 0 Å². The summed E-state index contributed by atoms with van der Waals surface area (Å²) in [5, 5.41) is 1.86. The zero-order valence-corrected chi connectivity index (χ0v) is 10.7. The number of hydrogen-bond acceptors (Lipinski definition) is 3. The summed E-state index contributed by atoms with van der Waals surface area (Å²) in [7, 11) is 1.94. The van der Waals surface area contributed by atoms with E-state index in [0.717, 1.165) is 12.1 Å². The molecule has 0 radical (unpaired) electrons. The SMILES string of the molecule is CN(Cc1cccc(CN)c1)OC(C)(C)C. The van der Waals surface area contributed by atoms with Gasteiger partial charge in [-0.2, -0.15) is 5.06 Å². The van der Waals surface area contributed by atoms with Crippen molar-refractivity contribution < 1.29 is 4.84 Å². The molecule has 1 aromatic rings. The monoisotopic (exact) mass is 222 g/mol. The van der Waals surface area contributed by atoms with E-state index in [2.05, 4.69) is 12.1 Å². The Morgan fingerprint density at radius 2 is 1.88 bits per heavy atom. The van der Waals surface area contributed by atoms with Crippen LogP contribution < -0.4 is 5.73 Å². The van der Waals surface area contributed by atoms with Crippen molar-refractivity contribution in [2.45, 2.75) is 39.5 Å². The highest BCUT2D eigenvalue weighted by Gasteiger charge is 2.14. The highest BCUT2D eigenvalue weighted by molar-refractivity contribution is 5.22. The minimum Gasteiger partial charge on any atom is -0.326 e. The van der Waals surface area contributed by atoms with E-state index >= 15 is 0 Å². The zero-order valence-electron chi connectivity index (χ0n) is 10.7. The van der Waals surface area contributed by atoms with Crippen LogP contribution in [0.5, 0.6) is 0 Å². The maximum atomic E-state index is 5.72. The molecule has 16 heavy (non-hydrogen) atoms. The molecule has 0 spiro atoms. The van der Waals surface area contributed by atoms with Crippen LogP contribution >= 0.6 is 0 Å². The average molecular weight is 222 g/mol. The number of hydroxylamine groups is 2. The standard InChI is InChI=1S/C13H22N2O/c1-13(2,3)16-15(4)10-12-7-5-6-11(8-12)9-14/h5-8H,9-10,14H2,1-4H3. The summed E-state index contributed by atoms with van der Waals surface area (Å²) in [6.45, 7) is 7.47. The summed E-state index contributed by atoms with van der Waals surface area (Å²) in [6, 6.07) is 8.26. The summed E-state index contributed by atoms with van der Waals surface area (Å²) in [5.41, 5.74) is 7.83. The fourth-order valence-corrected chi connectivity index (χ4v) is 1.61. The van der Waals surface area contributed by atoms with Gasteiger partial charge < -0.3 is 5.73 Å². The Morgan fingerprint density at radius 1 is 1.25 bits per heavy atom. The molecule has 0 aliphatic carbocycles. The number of rotatable bonds is 4. The molecule has 3 nitrogen and oxygen atoms in total. The summed E-state index contributed by atoms with van der Waals surface area (Å²) < 4.78 is 0. The van der Waals surface area contributed by atoms with Crippen LogP contribution in [0.1, 0.15) is 31.9 Å². The fourth-order valence-electron chi connectivity index (χ4n) is 1.61. The average Bonchev–Trinajstić information content (AvgIpc) is 2.15. The third kappa shape index (κ3) is 4.75. The van der Waals surface area contributed by atoms with E-state index in [0.29, 0.717) is 6.54 Å². The summed E-state index contributed by atoms with van der Waals surface area (Å²) >= 11 is 0. The molecule has 0 unspecified atom stereocenters. The lowest BCUT2D eigenvalue weighted by Crippen LogP contribution is -2.30. The zero-order chi connectivity index (χ0) is 12.2. The van der Waals surface area contributed by atoms with Crippen molar-refractivity contribution in [3.05, 3.63) is 35.4 Å². The topological polar surface area (TPSA) is 38.5 Å². The molecule has 0 saturated carbocycles. The van der Waals surface area contributed by atoms with Gasteiger partial charge >= 0.3 is 0 Å². The van der Waals surface area contributed by atoms with E-state index in [1.807, 2.05) is 45.0 Å². The predicted octanol–water partition coefficient (Wildman–Crippen LogP) is 2.31. The van der Waals surface area contributed by atoms with E-state index in [4.69, 9.17) is 10.6 Å². The lowest BCUT2D eigenvalue weighted by atomic mass is 10.1. The van der Waals surface area contributed by atoms with E-state index < -0.39 is 0 Å². The molecule has 0 aliphatic rings. The van der Waals surface area contributed by atoms with Crippen LogP contribution in [0, 0.1) is 0 Å². The second-order valence-electron chi connectivity index (χ2n) is 5.01. The molecule has 0 fully saturated rings. The Morgan fingerprint density at radius 3 is 2.44 bits per heavy atom. The van der Waals surface area contributed by atoms with Gasteiger partial charge in [-0.05, 0) is 31.9 Å². The van der Waals surface area contributed by atoms with Gasteiger partial charge in [0.1, 0.15) is 0 Å². The van der Waals surface area contributed by atoms with Crippen LogP contribution in [-0.2, 0) is 17.9 Å². The molecular formula is C13H22N2O. The van der Waals surface area contributed by atoms with Crippen molar-refractivity contribution in [3.8, 4) is 0 Å². The van der Waals surface area contributed by atoms with Gasteiger partial charge in [0.15, 0.2) is 0 Å². The minimum absolute atomic E-state index is 0.153. The predicted molar refractivity (Wildman–Crippen MR) is 66.6 cm³/mol. The molecule has 0 atom stereocenters. The Hall–Kier alpha value is -0.900.